The Morgan fingerprint density at radius 2 is 2.27 bits per heavy atom. The van der Waals surface area contributed by atoms with Gasteiger partial charge in [-0.3, -0.25) is 4.98 Å². The number of aromatic nitrogens is 2. The maximum absolute atomic E-state index is 4.11. The van der Waals surface area contributed by atoms with Crippen molar-refractivity contribution in [3.8, 4) is 11.8 Å². The minimum absolute atomic E-state index is 0.635. The molecule has 0 radical (unpaired) electrons. The molecule has 0 aliphatic heterocycles. The standard InChI is InChI=1S/C12H9BrN2/c13-10-6-14-7-11-12(10)9(5-15-11)4-3-8-1-2-8/h5-8,15H,1-2H2. The van der Waals surface area contributed by atoms with E-state index in [1.54, 1.807) is 6.20 Å². The molecule has 0 spiro atoms. The summed E-state index contributed by atoms with van der Waals surface area (Å²) < 4.78 is 1.00. The predicted octanol–water partition coefficient (Wildman–Crippen LogP) is 3.09. The second kappa shape index (κ2) is 3.39. The second-order valence-electron chi connectivity index (χ2n) is 3.79. The first-order chi connectivity index (χ1) is 7.34. The van der Waals surface area contributed by atoms with Crippen LogP contribution in [0.25, 0.3) is 10.9 Å². The van der Waals surface area contributed by atoms with Crippen LogP contribution in [0, 0.1) is 17.8 Å². The van der Waals surface area contributed by atoms with Crippen LogP contribution in [0.5, 0.6) is 0 Å². The molecule has 74 valence electrons. The molecule has 0 amide bonds. The molecular weight excluding hydrogens is 252 g/mol. The lowest BCUT2D eigenvalue weighted by Gasteiger charge is -1.93. The number of fused-ring (bicyclic) bond motifs is 1. The highest BCUT2D eigenvalue weighted by molar-refractivity contribution is 9.10. The van der Waals surface area contributed by atoms with Crippen molar-refractivity contribution in [1.29, 1.82) is 0 Å². The van der Waals surface area contributed by atoms with Crippen molar-refractivity contribution in [2.24, 2.45) is 5.92 Å². The number of pyridine rings is 1. The molecule has 0 bridgehead atoms. The third-order valence-corrected chi connectivity index (χ3v) is 3.13. The van der Waals surface area contributed by atoms with Gasteiger partial charge in [0.2, 0.25) is 0 Å². The van der Waals surface area contributed by atoms with Crippen molar-refractivity contribution in [2.45, 2.75) is 12.8 Å². The molecule has 3 heteroatoms. The average molecular weight is 261 g/mol. The number of nitrogens with one attached hydrogen (secondary N) is 1. The van der Waals surface area contributed by atoms with E-state index in [-0.39, 0.29) is 0 Å². The van der Waals surface area contributed by atoms with Crippen LogP contribution in [0.2, 0.25) is 0 Å². The number of nitrogens with zero attached hydrogens (tertiary/aromatic N) is 1. The maximum Gasteiger partial charge on any atom is 0.0664 e. The van der Waals surface area contributed by atoms with E-state index in [1.807, 2.05) is 12.4 Å². The van der Waals surface area contributed by atoms with Gasteiger partial charge in [0.15, 0.2) is 0 Å². The Balaban J connectivity index is 2.15. The summed E-state index contributed by atoms with van der Waals surface area (Å²) in [7, 11) is 0. The zero-order valence-electron chi connectivity index (χ0n) is 8.05. The van der Waals surface area contributed by atoms with Crippen LogP contribution in [0.3, 0.4) is 0 Å². The topological polar surface area (TPSA) is 28.7 Å². The van der Waals surface area contributed by atoms with Crippen molar-refractivity contribution >= 4 is 26.8 Å². The Hall–Kier alpha value is -1.27. The van der Waals surface area contributed by atoms with E-state index in [9.17, 15) is 0 Å². The van der Waals surface area contributed by atoms with Gasteiger partial charge in [0.25, 0.3) is 0 Å². The molecule has 0 saturated heterocycles. The zero-order valence-corrected chi connectivity index (χ0v) is 9.63. The molecule has 2 nitrogen and oxygen atoms in total. The van der Waals surface area contributed by atoms with Gasteiger partial charge in [0, 0.05) is 28.2 Å². The highest BCUT2D eigenvalue weighted by Crippen LogP contribution is 2.29. The maximum atomic E-state index is 4.11. The number of H-pyrrole nitrogens is 1. The summed E-state index contributed by atoms with van der Waals surface area (Å²) in [5.74, 6) is 7.13. The summed E-state index contributed by atoms with van der Waals surface area (Å²) >= 11 is 3.50. The van der Waals surface area contributed by atoms with Crippen molar-refractivity contribution in [2.75, 3.05) is 0 Å². The monoisotopic (exact) mass is 260 g/mol. The number of hydrogen-bond acceptors (Lipinski definition) is 1. The molecule has 1 fully saturated rings. The Morgan fingerprint density at radius 1 is 1.40 bits per heavy atom. The second-order valence-corrected chi connectivity index (χ2v) is 4.64. The van der Waals surface area contributed by atoms with Gasteiger partial charge in [0.1, 0.15) is 0 Å². The van der Waals surface area contributed by atoms with Crippen LogP contribution >= 0.6 is 15.9 Å². The lowest BCUT2D eigenvalue weighted by atomic mass is 10.2. The number of aromatic amines is 1. The molecule has 1 N–H and O–H groups in total. The Labute approximate surface area is 96.2 Å². The van der Waals surface area contributed by atoms with E-state index in [1.165, 1.54) is 12.8 Å². The van der Waals surface area contributed by atoms with Crippen molar-refractivity contribution in [3.63, 3.8) is 0 Å². The molecule has 3 rings (SSSR count). The molecule has 0 atom stereocenters. The first kappa shape index (κ1) is 8.99. The number of rotatable bonds is 0. The Bertz CT molecular complexity index is 570. The van der Waals surface area contributed by atoms with Gasteiger partial charge in [-0.05, 0) is 28.8 Å². The highest BCUT2D eigenvalue weighted by Gasteiger charge is 2.18. The average Bonchev–Trinajstić information content (AvgIpc) is 2.96. The molecule has 2 aromatic rings. The van der Waals surface area contributed by atoms with Crippen LogP contribution in [-0.4, -0.2) is 9.97 Å². The highest BCUT2D eigenvalue weighted by atomic mass is 79.9. The van der Waals surface area contributed by atoms with E-state index in [2.05, 4.69) is 37.7 Å². The smallest absolute Gasteiger partial charge is 0.0664 e. The van der Waals surface area contributed by atoms with Crippen molar-refractivity contribution in [3.05, 3.63) is 28.6 Å². The quantitative estimate of drug-likeness (QED) is 0.725. The normalized spacial score (nSPS) is 15.0. The largest absolute Gasteiger partial charge is 0.359 e. The summed E-state index contributed by atoms with van der Waals surface area (Å²) in [4.78, 5) is 7.29. The lowest BCUT2D eigenvalue weighted by molar-refractivity contribution is 1.18. The molecule has 0 unspecified atom stereocenters. The lowest BCUT2D eigenvalue weighted by Crippen LogP contribution is -1.76. The fourth-order valence-corrected chi connectivity index (χ4v) is 2.09. The van der Waals surface area contributed by atoms with Crippen LogP contribution in [0.15, 0.2) is 23.1 Å². The summed E-state index contributed by atoms with van der Waals surface area (Å²) in [6.45, 7) is 0. The van der Waals surface area contributed by atoms with E-state index in [0.717, 1.165) is 20.9 Å². The van der Waals surface area contributed by atoms with Gasteiger partial charge in [-0.1, -0.05) is 11.8 Å². The number of halogens is 1. The van der Waals surface area contributed by atoms with Crippen LogP contribution in [0.4, 0.5) is 0 Å². The van der Waals surface area contributed by atoms with Crippen molar-refractivity contribution in [1.82, 2.24) is 9.97 Å². The van der Waals surface area contributed by atoms with Gasteiger partial charge in [-0.2, -0.15) is 0 Å². The minimum Gasteiger partial charge on any atom is -0.359 e. The molecule has 1 aliphatic carbocycles. The SMILES string of the molecule is Brc1cncc2[nH]cc(C#CC3CC3)c12. The van der Waals surface area contributed by atoms with Gasteiger partial charge in [-0.25, -0.2) is 0 Å². The van der Waals surface area contributed by atoms with Crippen LogP contribution in [0.1, 0.15) is 18.4 Å². The van der Waals surface area contributed by atoms with Crippen LogP contribution in [-0.2, 0) is 0 Å². The number of hydrogen-bond donors (Lipinski definition) is 1. The molecule has 2 aromatic heterocycles. The summed E-state index contributed by atoms with van der Waals surface area (Å²) in [5.41, 5.74) is 2.09. The third-order valence-electron chi connectivity index (χ3n) is 2.53. The van der Waals surface area contributed by atoms with E-state index < -0.39 is 0 Å². The molecule has 0 aromatic carbocycles. The van der Waals surface area contributed by atoms with Gasteiger partial charge >= 0.3 is 0 Å². The van der Waals surface area contributed by atoms with Crippen LogP contribution < -0.4 is 0 Å². The third kappa shape index (κ3) is 1.66. The van der Waals surface area contributed by atoms with E-state index in [4.69, 9.17) is 0 Å². The molecule has 1 saturated carbocycles. The summed E-state index contributed by atoms with van der Waals surface area (Å²) in [6, 6.07) is 0. The summed E-state index contributed by atoms with van der Waals surface area (Å²) in [6.07, 6.45) is 8.10. The first-order valence-electron chi connectivity index (χ1n) is 4.97. The summed E-state index contributed by atoms with van der Waals surface area (Å²) in [5, 5.41) is 1.14. The molecule has 15 heavy (non-hydrogen) atoms. The Morgan fingerprint density at radius 3 is 3.07 bits per heavy atom. The molecule has 1 aliphatic rings. The predicted molar refractivity (Wildman–Crippen MR) is 63.4 cm³/mol. The molecule has 2 heterocycles. The Kier molecular flexibility index (Phi) is 2.03. The van der Waals surface area contributed by atoms with E-state index in [0.29, 0.717) is 5.92 Å². The van der Waals surface area contributed by atoms with Crippen molar-refractivity contribution < 1.29 is 0 Å². The fourth-order valence-electron chi connectivity index (χ4n) is 1.55. The van der Waals surface area contributed by atoms with E-state index >= 15 is 0 Å². The minimum atomic E-state index is 0.635. The molecular formula is C12H9BrN2. The van der Waals surface area contributed by atoms with Gasteiger partial charge in [0.05, 0.1) is 17.3 Å². The fraction of sp³-hybridized carbons (Fsp3) is 0.250. The first-order valence-corrected chi connectivity index (χ1v) is 5.76. The zero-order chi connectivity index (χ0) is 10.3. The van der Waals surface area contributed by atoms with Gasteiger partial charge < -0.3 is 4.98 Å². The van der Waals surface area contributed by atoms with Gasteiger partial charge in [-0.15, -0.1) is 0 Å².